The van der Waals surface area contributed by atoms with E-state index >= 15 is 0 Å². The number of methoxy groups -OCH3 is 4. The molecular weight excluding hydrogens is 432 g/mol. The maximum absolute atomic E-state index is 10.3. The fourth-order valence-corrected chi connectivity index (χ4v) is 6.60. The highest BCUT2D eigenvalue weighted by Gasteiger charge is 2.45. The minimum atomic E-state index is -0.330. The maximum Gasteiger partial charge on any atom is 0.0836 e. The van der Waals surface area contributed by atoms with E-state index in [0.29, 0.717) is 17.8 Å². The summed E-state index contributed by atoms with van der Waals surface area (Å²) in [5.74, 6) is 1.33. The zero-order chi connectivity index (χ0) is 25.1. The van der Waals surface area contributed by atoms with Crippen LogP contribution in [0.2, 0.25) is 0 Å². The van der Waals surface area contributed by atoms with Gasteiger partial charge in [0.2, 0.25) is 0 Å². The van der Waals surface area contributed by atoms with E-state index in [4.69, 9.17) is 18.9 Å². The van der Waals surface area contributed by atoms with Gasteiger partial charge in [0.05, 0.1) is 35.9 Å². The molecule has 0 radical (unpaired) electrons. The number of aliphatic hydroxyl groups is 1. The van der Waals surface area contributed by atoms with E-state index in [-0.39, 0.29) is 42.4 Å². The second kappa shape index (κ2) is 14.7. The number of hydrogen-bond acceptors (Lipinski definition) is 7. The molecule has 2 aliphatic rings. The fourth-order valence-electron chi connectivity index (χ4n) is 6.60. The van der Waals surface area contributed by atoms with Crippen LogP contribution in [0.3, 0.4) is 0 Å². The third kappa shape index (κ3) is 7.15. The Morgan fingerprint density at radius 1 is 0.882 bits per heavy atom. The van der Waals surface area contributed by atoms with Crippen molar-refractivity contribution in [2.75, 3.05) is 48.1 Å². The van der Waals surface area contributed by atoms with Gasteiger partial charge < -0.3 is 29.4 Å². The first kappa shape index (κ1) is 29.5. The summed E-state index contributed by atoms with van der Waals surface area (Å²) < 4.78 is 22.6. The maximum atomic E-state index is 10.3. The highest BCUT2D eigenvalue weighted by molar-refractivity contribution is 5.07. The van der Waals surface area contributed by atoms with E-state index in [1.165, 1.54) is 0 Å². The number of nitriles is 1. The molecule has 2 rings (SSSR count). The SMILES string of the molecule is COC1CCC(C(C#N)(CCCNCCC2CC(OC)C(OC)CC2CO)C(C)C)CC1OC. The summed E-state index contributed by atoms with van der Waals surface area (Å²) in [6.07, 6.45) is 7.91. The lowest BCUT2D eigenvalue weighted by Crippen LogP contribution is -2.44. The van der Waals surface area contributed by atoms with Crippen LogP contribution in [-0.4, -0.2) is 77.7 Å². The number of nitrogens with zero attached hydrogens (tertiary/aromatic N) is 1. The molecule has 2 N–H and O–H groups in total. The van der Waals surface area contributed by atoms with Gasteiger partial charge in [-0.1, -0.05) is 13.8 Å². The van der Waals surface area contributed by atoms with Crippen LogP contribution in [-0.2, 0) is 18.9 Å². The molecule has 7 nitrogen and oxygen atoms in total. The molecule has 0 saturated heterocycles. The molecular formula is C27H50N2O5. The van der Waals surface area contributed by atoms with Gasteiger partial charge >= 0.3 is 0 Å². The van der Waals surface area contributed by atoms with E-state index in [2.05, 4.69) is 25.2 Å². The smallest absolute Gasteiger partial charge is 0.0836 e. The molecule has 2 aliphatic carbocycles. The van der Waals surface area contributed by atoms with Gasteiger partial charge in [-0.2, -0.15) is 5.26 Å². The summed E-state index contributed by atoms with van der Waals surface area (Å²) in [6.45, 7) is 6.41. The van der Waals surface area contributed by atoms with Crippen LogP contribution in [0.25, 0.3) is 0 Å². The molecule has 8 unspecified atom stereocenters. The Hall–Kier alpha value is -0.750. The van der Waals surface area contributed by atoms with Crippen LogP contribution < -0.4 is 5.32 Å². The van der Waals surface area contributed by atoms with Crippen molar-refractivity contribution >= 4 is 0 Å². The molecule has 0 amide bonds. The van der Waals surface area contributed by atoms with Crippen molar-refractivity contribution < 1.29 is 24.1 Å². The Labute approximate surface area is 207 Å². The lowest BCUT2D eigenvalue weighted by molar-refractivity contribution is -0.0944. The number of hydrogen-bond donors (Lipinski definition) is 2. The van der Waals surface area contributed by atoms with Gasteiger partial charge in [0.15, 0.2) is 0 Å². The number of ether oxygens (including phenoxy) is 4. The van der Waals surface area contributed by atoms with Gasteiger partial charge in [0.1, 0.15) is 0 Å². The van der Waals surface area contributed by atoms with Crippen LogP contribution in [0.1, 0.15) is 65.2 Å². The summed E-state index contributed by atoms with van der Waals surface area (Å²) in [6, 6.07) is 2.76. The highest BCUT2D eigenvalue weighted by Crippen LogP contribution is 2.47. The first-order valence-corrected chi connectivity index (χ1v) is 13.2. The molecule has 0 aromatic rings. The molecule has 8 atom stereocenters. The van der Waals surface area contributed by atoms with Gasteiger partial charge in [-0.15, -0.1) is 0 Å². The van der Waals surface area contributed by atoms with Crippen LogP contribution >= 0.6 is 0 Å². The quantitative estimate of drug-likeness (QED) is 0.364. The summed E-state index contributed by atoms with van der Waals surface area (Å²) in [5.41, 5.74) is -0.330. The number of rotatable bonds is 14. The van der Waals surface area contributed by atoms with Gasteiger partial charge in [-0.05, 0) is 88.1 Å². The Bertz CT molecular complexity index is 612. The number of nitrogens with one attached hydrogen (secondary N) is 1. The standard InChI is InChI=1S/C27H50N2O5/c1-19(2)27(18-28,22-8-9-23(31-3)26(16-22)34-6)11-7-12-29-13-10-20-14-24(32-4)25(33-5)15-21(20)17-30/h19-26,29-30H,7-17H2,1-6H3. The summed E-state index contributed by atoms with van der Waals surface area (Å²) >= 11 is 0. The molecule has 0 bridgehead atoms. The van der Waals surface area contributed by atoms with Crippen LogP contribution in [0.5, 0.6) is 0 Å². The van der Waals surface area contributed by atoms with E-state index in [0.717, 1.165) is 64.5 Å². The van der Waals surface area contributed by atoms with Gasteiger partial charge in [0.25, 0.3) is 0 Å². The molecule has 2 fully saturated rings. The Morgan fingerprint density at radius 2 is 1.47 bits per heavy atom. The summed E-state index contributed by atoms with van der Waals surface area (Å²) in [7, 11) is 6.98. The zero-order valence-corrected chi connectivity index (χ0v) is 22.4. The summed E-state index contributed by atoms with van der Waals surface area (Å²) in [5, 5.41) is 23.8. The van der Waals surface area contributed by atoms with E-state index in [1.807, 2.05) is 0 Å². The first-order valence-electron chi connectivity index (χ1n) is 13.2. The van der Waals surface area contributed by atoms with Crippen molar-refractivity contribution in [1.29, 1.82) is 5.26 Å². The normalized spacial score (nSPS) is 34.0. The number of aliphatic hydroxyl groups excluding tert-OH is 1. The van der Waals surface area contributed by atoms with Gasteiger partial charge in [0, 0.05) is 35.0 Å². The molecule has 0 aromatic carbocycles. The topological polar surface area (TPSA) is 93.0 Å². The average Bonchev–Trinajstić information content (AvgIpc) is 2.87. The molecule has 2 saturated carbocycles. The molecule has 0 aromatic heterocycles. The Kier molecular flexibility index (Phi) is 12.8. The minimum Gasteiger partial charge on any atom is -0.396 e. The van der Waals surface area contributed by atoms with Crippen LogP contribution in [0, 0.1) is 40.4 Å². The van der Waals surface area contributed by atoms with Gasteiger partial charge in [-0.25, -0.2) is 0 Å². The third-order valence-electron chi connectivity index (χ3n) is 8.93. The van der Waals surface area contributed by atoms with Gasteiger partial charge in [-0.3, -0.25) is 0 Å². The monoisotopic (exact) mass is 482 g/mol. The molecule has 198 valence electrons. The van der Waals surface area contributed by atoms with Crippen molar-refractivity contribution in [3.05, 3.63) is 0 Å². The molecule has 7 heteroatoms. The first-order chi connectivity index (χ1) is 16.4. The van der Waals surface area contributed by atoms with Crippen molar-refractivity contribution in [3.8, 4) is 6.07 Å². The average molecular weight is 483 g/mol. The van der Waals surface area contributed by atoms with Crippen molar-refractivity contribution in [2.24, 2.45) is 29.1 Å². The molecule has 0 aliphatic heterocycles. The minimum absolute atomic E-state index is 0.0666. The van der Waals surface area contributed by atoms with E-state index in [1.54, 1.807) is 28.4 Å². The Morgan fingerprint density at radius 3 is 2.00 bits per heavy atom. The van der Waals surface area contributed by atoms with Crippen molar-refractivity contribution in [2.45, 2.75) is 89.6 Å². The highest BCUT2D eigenvalue weighted by atomic mass is 16.5. The van der Waals surface area contributed by atoms with E-state index in [9.17, 15) is 10.4 Å². The lowest BCUT2D eigenvalue weighted by Gasteiger charge is -2.44. The largest absolute Gasteiger partial charge is 0.396 e. The van der Waals surface area contributed by atoms with Crippen molar-refractivity contribution in [3.63, 3.8) is 0 Å². The fraction of sp³-hybridized carbons (Fsp3) is 0.963. The molecule has 0 heterocycles. The second-order valence-corrected chi connectivity index (χ2v) is 10.7. The molecule has 0 spiro atoms. The predicted octanol–water partition coefficient (Wildman–Crippen LogP) is 3.79. The van der Waals surface area contributed by atoms with Crippen molar-refractivity contribution in [1.82, 2.24) is 5.32 Å². The summed E-state index contributed by atoms with van der Waals surface area (Å²) in [4.78, 5) is 0. The van der Waals surface area contributed by atoms with Crippen LogP contribution in [0.4, 0.5) is 0 Å². The third-order valence-corrected chi connectivity index (χ3v) is 8.93. The Balaban J connectivity index is 1.83. The molecule has 34 heavy (non-hydrogen) atoms. The second-order valence-electron chi connectivity index (χ2n) is 10.7. The lowest BCUT2D eigenvalue weighted by atomic mass is 9.61. The zero-order valence-electron chi connectivity index (χ0n) is 22.4. The van der Waals surface area contributed by atoms with Crippen LogP contribution in [0.15, 0.2) is 0 Å². The predicted molar refractivity (Wildman–Crippen MR) is 133 cm³/mol. The van der Waals surface area contributed by atoms with E-state index < -0.39 is 0 Å².